The highest BCUT2D eigenvalue weighted by Gasteiger charge is 2.21. The molecule has 6 nitrogen and oxygen atoms in total. The number of carbonyl (C=O) groups excluding carboxylic acids is 1. The van der Waals surface area contributed by atoms with E-state index in [4.69, 9.17) is 9.84 Å². The van der Waals surface area contributed by atoms with Crippen LogP contribution in [0.3, 0.4) is 0 Å². The number of carboxylic acid groups (broad SMARTS) is 1. The van der Waals surface area contributed by atoms with E-state index in [2.05, 4.69) is 16.9 Å². The highest BCUT2D eigenvalue weighted by molar-refractivity contribution is 5.94. The second-order valence-corrected chi connectivity index (χ2v) is 3.55. The molecule has 1 amide bonds. The number of hydrogen-bond donors (Lipinski definition) is 2. The number of pyridine rings is 1. The SMILES string of the molecule is C=CCOCC(NC(=O)c1ccc(F)cn1)C(=O)O. The Bertz CT molecular complexity index is 461. The summed E-state index contributed by atoms with van der Waals surface area (Å²) in [6.45, 7) is 3.39. The van der Waals surface area contributed by atoms with Crippen molar-refractivity contribution in [3.63, 3.8) is 0 Å². The van der Waals surface area contributed by atoms with Crippen molar-refractivity contribution in [1.82, 2.24) is 10.3 Å². The lowest BCUT2D eigenvalue weighted by molar-refractivity contribution is -0.140. The van der Waals surface area contributed by atoms with Crippen LogP contribution in [0.2, 0.25) is 0 Å². The Morgan fingerprint density at radius 2 is 2.32 bits per heavy atom. The zero-order chi connectivity index (χ0) is 14.3. The van der Waals surface area contributed by atoms with Gasteiger partial charge in [-0.2, -0.15) is 0 Å². The number of amides is 1. The normalized spacial score (nSPS) is 11.6. The number of nitrogens with one attached hydrogen (secondary N) is 1. The molecule has 0 fully saturated rings. The molecule has 1 unspecified atom stereocenters. The summed E-state index contributed by atoms with van der Waals surface area (Å²) in [5, 5.41) is 11.1. The van der Waals surface area contributed by atoms with E-state index in [0.29, 0.717) is 0 Å². The van der Waals surface area contributed by atoms with E-state index < -0.39 is 23.7 Å². The molecule has 1 atom stereocenters. The van der Waals surface area contributed by atoms with E-state index in [1.165, 1.54) is 6.08 Å². The van der Waals surface area contributed by atoms with Gasteiger partial charge in [0, 0.05) is 0 Å². The highest BCUT2D eigenvalue weighted by Crippen LogP contribution is 1.99. The first-order valence-corrected chi connectivity index (χ1v) is 5.38. The molecule has 1 heterocycles. The molecule has 0 saturated carbocycles. The number of aliphatic carboxylic acids is 1. The fourth-order valence-corrected chi connectivity index (χ4v) is 1.19. The average molecular weight is 268 g/mol. The summed E-state index contributed by atoms with van der Waals surface area (Å²) in [4.78, 5) is 26.1. The molecule has 0 spiro atoms. The minimum absolute atomic E-state index is 0.0728. The van der Waals surface area contributed by atoms with E-state index >= 15 is 0 Å². The van der Waals surface area contributed by atoms with Crippen LogP contribution in [0.4, 0.5) is 4.39 Å². The zero-order valence-corrected chi connectivity index (χ0v) is 10.0. The largest absolute Gasteiger partial charge is 0.480 e. The lowest BCUT2D eigenvalue weighted by atomic mass is 10.2. The van der Waals surface area contributed by atoms with Crippen molar-refractivity contribution in [2.24, 2.45) is 0 Å². The molecule has 0 aliphatic carbocycles. The average Bonchev–Trinajstić information content (AvgIpc) is 2.38. The standard InChI is InChI=1S/C12H13FN2O4/c1-2-5-19-7-10(12(17)18)15-11(16)9-4-3-8(13)6-14-9/h2-4,6,10H,1,5,7H2,(H,15,16)(H,17,18). The Balaban J connectivity index is 2.62. The molecule has 19 heavy (non-hydrogen) atoms. The van der Waals surface area contributed by atoms with Crippen LogP contribution in [0.15, 0.2) is 31.0 Å². The van der Waals surface area contributed by atoms with Gasteiger partial charge in [0.2, 0.25) is 0 Å². The van der Waals surface area contributed by atoms with Crippen LogP contribution >= 0.6 is 0 Å². The third-order valence-corrected chi connectivity index (χ3v) is 2.08. The first-order chi connectivity index (χ1) is 9.04. The van der Waals surface area contributed by atoms with Crippen molar-refractivity contribution in [3.05, 3.63) is 42.5 Å². The maximum atomic E-state index is 12.6. The molecule has 102 valence electrons. The van der Waals surface area contributed by atoms with Crippen LogP contribution in [-0.2, 0) is 9.53 Å². The van der Waals surface area contributed by atoms with Crippen molar-refractivity contribution in [2.45, 2.75) is 6.04 Å². The lowest BCUT2D eigenvalue weighted by Gasteiger charge is -2.13. The molecule has 0 radical (unpaired) electrons. The van der Waals surface area contributed by atoms with E-state index in [0.717, 1.165) is 18.3 Å². The number of carbonyl (C=O) groups is 2. The Morgan fingerprint density at radius 1 is 1.58 bits per heavy atom. The van der Waals surface area contributed by atoms with Gasteiger partial charge in [-0.1, -0.05) is 6.08 Å². The van der Waals surface area contributed by atoms with Crippen LogP contribution in [0.25, 0.3) is 0 Å². The molecular weight excluding hydrogens is 255 g/mol. The molecule has 1 aromatic rings. The summed E-state index contributed by atoms with van der Waals surface area (Å²) < 4.78 is 17.6. The quantitative estimate of drug-likeness (QED) is 0.558. The summed E-state index contributed by atoms with van der Waals surface area (Å²) in [7, 11) is 0. The topological polar surface area (TPSA) is 88.5 Å². The summed E-state index contributed by atoms with van der Waals surface area (Å²) in [6.07, 6.45) is 2.33. The monoisotopic (exact) mass is 268 g/mol. The number of nitrogens with zero attached hydrogens (tertiary/aromatic N) is 1. The van der Waals surface area contributed by atoms with Gasteiger partial charge in [0.05, 0.1) is 19.4 Å². The lowest BCUT2D eigenvalue weighted by Crippen LogP contribution is -2.44. The number of ether oxygens (including phenoxy) is 1. The molecule has 0 aliphatic heterocycles. The zero-order valence-electron chi connectivity index (χ0n) is 10.0. The molecule has 7 heteroatoms. The molecular formula is C12H13FN2O4. The van der Waals surface area contributed by atoms with Crippen LogP contribution in [0.5, 0.6) is 0 Å². The summed E-state index contributed by atoms with van der Waals surface area (Å²) in [6, 6.07) is 1.01. The summed E-state index contributed by atoms with van der Waals surface area (Å²) in [5.41, 5.74) is -0.0728. The molecule has 0 aliphatic rings. The van der Waals surface area contributed by atoms with Gasteiger partial charge < -0.3 is 15.2 Å². The van der Waals surface area contributed by atoms with Crippen molar-refractivity contribution >= 4 is 11.9 Å². The van der Waals surface area contributed by atoms with Gasteiger partial charge in [0.15, 0.2) is 6.04 Å². The summed E-state index contributed by atoms with van der Waals surface area (Å²) >= 11 is 0. The van der Waals surface area contributed by atoms with Crippen LogP contribution in [-0.4, -0.2) is 41.2 Å². The number of halogens is 1. The van der Waals surface area contributed by atoms with Crippen molar-refractivity contribution in [3.8, 4) is 0 Å². The minimum Gasteiger partial charge on any atom is -0.480 e. The second kappa shape index (κ2) is 7.22. The first kappa shape index (κ1) is 14.8. The Hall–Kier alpha value is -2.28. The summed E-state index contributed by atoms with van der Waals surface area (Å²) in [5.74, 6) is -2.53. The van der Waals surface area contributed by atoms with Crippen LogP contribution < -0.4 is 5.32 Å². The Morgan fingerprint density at radius 3 is 2.84 bits per heavy atom. The molecule has 1 rings (SSSR count). The molecule has 2 N–H and O–H groups in total. The van der Waals surface area contributed by atoms with Gasteiger partial charge in [0.1, 0.15) is 11.5 Å². The van der Waals surface area contributed by atoms with Crippen LogP contribution in [0, 0.1) is 5.82 Å². The molecule has 0 saturated heterocycles. The van der Waals surface area contributed by atoms with Crippen molar-refractivity contribution in [1.29, 1.82) is 0 Å². The highest BCUT2D eigenvalue weighted by atomic mass is 19.1. The van der Waals surface area contributed by atoms with Gasteiger partial charge in [-0.25, -0.2) is 14.2 Å². The smallest absolute Gasteiger partial charge is 0.328 e. The van der Waals surface area contributed by atoms with Gasteiger partial charge in [-0.3, -0.25) is 4.79 Å². The molecule has 0 aromatic carbocycles. The maximum Gasteiger partial charge on any atom is 0.328 e. The molecule has 1 aromatic heterocycles. The van der Waals surface area contributed by atoms with Crippen molar-refractivity contribution in [2.75, 3.05) is 13.2 Å². The van der Waals surface area contributed by atoms with Crippen LogP contribution in [0.1, 0.15) is 10.5 Å². The van der Waals surface area contributed by atoms with Gasteiger partial charge in [-0.05, 0) is 12.1 Å². The van der Waals surface area contributed by atoms with Gasteiger partial charge in [0.25, 0.3) is 5.91 Å². The van der Waals surface area contributed by atoms with Crippen molar-refractivity contribution < 1.29 is 23.8 Å². The van der Waals surface area contributed by atoms with E-state index in [1.54, 1.807) is 0 Å². The number of carboxylic acids is 1. The number of aromatic nitrogens is 1. The Labute approximate surface area is 108 Å². The van der Waals surface area contributed by atoms with E-state index in [1.807, 2.05) is 0 Å². The Kier molecular flexibility index (Phi) is 5.62. The predicted octanol–water partition coefficient (Wildman–Crippen LogP) is 0.606. The number of rotatable bonds is 7. The fourth-order valence-electron chi connectivity index (χ4n) is 1.19. The maximum absolute atomic E-state index is 12.6. The number of hydrogen-bond acceptors (Lipinski definition) is 4. The third-order valence-electron chi connectivity index (χ3n) is 2.08. The predicted molar refractivity (Wildman–Crippen MR) is 64.1 cm³/mol. The van der Waals surface area contributed by atoms with E-state index in [-0.39, 0.29) is 18.9 Å². The molecule has 0 bridgehead atoms. The first-order valence-electron chi connectivity index (χ1n) is 5.38. The second-order valence-electron chi connectivity index (χ2n) is 3.55. The fraction of sp³-hybridized carbons (Fsp3) is 0.250. The van der Waals surface area contributed by atoms with Gasteiger partial charge in [-0.15, -0.1) is 6.58 Å². The third kappa shape index (κ3) is 4.84. The van der Waals surface area contributed by atoms with E-state index in [9.17, 15) is 14.0 Å². The minimum atomic E-state index is -1.24. The van der Waals surface area contributed by atoms with Gasteiger partial charge >= 0.3 is 5.97 Å².